The van der Waals surface area contributed by atoms with Crippen LogP contribution in [0.15, 0.2) is 24.3 Å². The molecule has 1 aromatic rings. The summed E-state index contributed by atoms with van der Waals surface area (Å²) < 4.78 is 0. The number of benzene rings is 1. The largest absolute Gasteiger partial charge is 0.369 e. The first-order valence-corrected chi connectivity index (χ1v) is 7.46. The fourth-order valence-corrected chi connectivity index (χ4v) is 2.14. The van der Waals surface area contributed by atoms with Gasteiger partial charge in [-0.15, -0.1) is 0 Å². The van der Waals surface area contributed by atoms with Crippen molar-refractivity contribution in [2.24, 2.45) is 5.73 Å². The summed E-state index contributed by atoms with van der Waals surface area (Å²) in [5, 5.41) is 5.68. The molecule has 5 heteroatoms. The number of para-hydroxylation sites is 1. The summed E-state index contributed by atoms with van der Waals surface area (Å²) in [4.78, 5) is 23.0. The van der Waals surface area contributed by atoms with Gasteiger partial charge < -0.3 is 16.4 Å². The first-order chi connectivity index (χ1) is 10.0. The van der Waals surface area contributed by atoms with E-state index in [2.05, 4.69) is 17.6 Å². The molecule has 21 heavy (non-hydrogen) atoms. The van der Waals surface area contributed by atoms with Gasteiger partial charge in [0.25, 0.3) is 0 Å². The molecule has 0 fully saturated rings. The number of primary amides is 1. The predicted molar refractivity (Wildman–Crippen MR) is 85.1 cm³/mol. The summed E-state index contributed by atoms with van der Waals surface area (Å²) in [6, 6.07) is 7.04. The van der Waals surface area contributed by atoms with Gasteiger partial charge in [-0.3, -0.25) is 4.79 Å². The minimum absolute atomic E-state index is 0.114. The smallest absolute Gasteiger partial charge is 0.319 e. The highest BCUT2D eigenvalue weighted by Gasteiger charge is 2.10. The van der Waals surface area contributed by atoms with Crippen molar-refractivity contribution in [3.05, 3.63) is 29.8 Å². The number of hydrogen-bond acceptors (Lipinski definition) is 2. The number of carbonyl (C=O) groups is 2. The Kier molecular flexibility index (Phi) is 7.29. The predicted octanol–water partition coefficient (Wildman–Crippen LogP) is 2.80. The fourth-order valence-electron chi connectivity index (χ4n) is 2.14. The molecular weight excluding hydrogens is 266 g/mol. The van der Waals surface area contributed by atoms with Gasteiger partial charge in [0.2, 0.25) is 5.91 Å². The molecule has 4 N–H and O–H groups in total. The Bertz CT molecular complexity index is 474. The van der Waals surface area contributed by atoms with Crippen LogP contribution in [0.25, 0.3) is 0 Å². The molecule has 5 nitrogen and oxygen atoms in total. The van der Waals surface area contributed by atoms with E-state index in [0.29, 0.717) is 5.69 Å². The maximum absolute atomic E-state index is 12.0. The van der Waals surface area contributed by atoms with E-state index in [0.717, 1.165) is 18.4 Å². The van der Waals surface area contributed by atoms with E-state index in [-0.39, 0.29) is 18.5 Å². The molecule has 0 spiro atoms. The Morgan fingerprint density at radius 2 is 1.95 bits per heavy atom. The van der Waals surface area contributed by atoms with E-state index in [1.54, 1.807) is 12.1 Å². The molecule has 0 aliphatic heterocycles. The first-order valence-electron chi connectivity index (χ1n) is 7.46. The van der Waals surface area contributed by atoms with Crippen LogP contribution in [0.4, 0.5) is 10.5 Å². The highest BCUT2D eigenvalue weighted by Crippen LogP contribution is 2.15. The first kappa shape index (κ1) is 17.0. The number of amides is 3. The highest BCUT2D eigenvalue weighted by atomic mass is 16.2. The van der Waals surface area contributed by atoms with Crippen LogP contribution in [-0.2, 0) is 11.2 Å². The quantitative estimate of drug-likeness (QED) is 0.643. The molecule has 3 amide bonds. The number of anilines is 1. The lowest BCUT2D eigenvalue weighted by Crippen LogP contribution is -2.36. The molecule has 0 aromatic heterocycles. The Labute approximate surface area is 126 Å². The van der Waals surface area contributed by atoms with Crippen LogP contribution < -0.4 is 16.4 Å². The normalized spacial score (nSPS) is 11.7. The number of unbranched alkanes of at least 4 members (excludes halogenated alkanes) is 2. The van der Waals surface area contributed by atoms with Crippen molar-refractivity contribution in [2.75, 3.05) is 5.32 Å². The third-order valence-corrected chi connectivity index (χ3v) is 3.25. The highest BCUT2D eigenvalue weighted by molar-refractivity contribution is 5.91. The van der Waals surface area contributed by atoms with Crippen LogP contribution in [0.2, 0.25) is 0 Å². The van der Waals surface area contributed by atoms with E-state index in [9.17, 15) is 9.59 Å². The van der Waals surface area contributed by atoms with Gasteiger partial charge in [0.05, 0.1) is 6.42 Å². The van der Waals surface area contributed by atoms with Crippen molar-refractivity contribution in [3.8, 4) is 0 Å². The number of nitrogens with two attached hydrogens (primary N) is 1. The van der Waals surface area contributed by atoms with Crippen LogP contribution in [0.3, 0.4) is 0 Å². The van der Waals surface area contributed by atoms with Gasteiger partial charge in [-0.2, -0.15) is 0 Å². The number of rotatable bonds is 8. The van der Waals surface area contributed by atoms with Gasteiger partial charge in [-0.25, -0.2) is 4.79 Å². The molecule has 0 heterocycles. The zero-order valence-electron chi connectivity index (χ0n) is 12.8. The van der Waals surface area contributed by atoms with Gasteiger partial charge in [0.15, 0.2) is 0 Å². The van der Waals surface area contributed by atoms with Gasteiger partial charge >= 0.3 is 6.03 Å². The maximum Gasteiger partial charge on any atom is 0.319 e. The second kappa shape index (κ2) is 9.00. The van der Waals surface area contributed by atoms with Crippen molar-refractivity contribution in [3.63, 3.8) is 0 Å². The number of urea groups is 1. The van der Waals surface area contributed by atoms with Crippen molar-refractivity contribution < 1.29 is 9.59 Å². The summed E-state index contributed by atoms with van der Waals surface area (Å²) in [5.41, 5.74) is 6.55. The van der Waals surface area contributed by atoms with Gasteiger partial charge in [-0.1, -0.05) is 44.4 Å². The number of carbonyl (C=O) groups excluding carboxylic acids is 2. The minimum atomic E-state index is -0.419. The van der Waals surface area contributed by atoms with Crippen molar-refractivity contribution in [1.29, 1.82) is 0 Å². The molecule has 0 radical (unpaired) electrons. The van der Waals surface area contributed by atoms with Crippen LogP contribution >= 0.6 is 0 Å². The standard InChI is InChI=1S/C16H25N3O2/c1-3-4-5-8-12(2)18-16(21)19-14-10-7-6-9-13(14)11-15(17)20/h6-7,9-10,12H,3-5,8,11H2,1-2H3,(H2,17,20)(H2,18,19,21)/t12-/m0/s1. The van der Waals surface area contributed by atoms with Crippen molar-refractivity contribution in [2.45, 2.75) is 52.0 Å². The van der Waals surface area contributed by atoms with Gasteiger partial charge in [0, 0.05) is 11.7 Å². The second-order valence-corrected chi connectivity index (χ2v) is 5.30. The Morgan fingerprint density at radius 1 is 1.24 bits per heavy atom. The molecule has 0 unspecified atom stereocenters. The molecule has 0 saturated carbocycles. The average Bonchev–Trinajstić information content (AvgIpc) is 2.40. The van der Waals surface area contributed by atoms with Crippen LogP contribution in [0.5, 0.6) is 0 Å². The summed E-state index contributed by atoms with van der Waals surface area (Å²) in [7, 11) is 0. The number of hydrogen-bond donors (Lipinski definition) is 3. The summed E-state index contributed by atoms with van der Waals surface area (Å²) in [6.07, 6.45) is 4.53. The van der Waals surface area contributed by atoms with Gasteiger partial charge in [-0.05, 0) is 25.0 Å². The number of nitrogens with one attached hydrogen (secondary N) is 2. The van der Waals surface area contributed by atoms with E-state index in [1.165, 1.54) is 12.8 Å². The van der Waals surface area contributed by atoms with Crippen LogP contribution in [0, 0.1) is 0 Å². The molecule has 0 bridgehead atoms. The van der Waals surface area contributed by atoms with Gasteiger partial charge in [0.1, 0.15) is 0 Å². The Hall–Kier alpha value is -2.04. The monoisotopic (exact) mass is 291 g/mol. The topological polar surface area (TPSA) is 84.2 Å². The minimum Gasteiger partial charge on any atom is -0.369 e. The maximum atomic E-state index is 12.0. The van der Waals surface area contributed by atoms with Crippen molar-refractivity contribution >= 4 is 17.6 Å². The summed E-state index contributed by atoms with van der Waals surface area (Å²) in [5.74, 6) is -0.419. The van der Waals surface area contributed by atoms with E-state index >= 15 is 0 Å². The molecule has 1 aromatic carbocycles. The molecule has 1 atom stereocenters. The Balaban J connectivity index is 2.52. The third kappa shape index (κ3) is 6.79. The van der Waals surface area contributed by atoms with E-state index < -0.39 is 5.91 Å². The molecule has 1 rings (SSSR count). The van der Waals surface area contributed by atoms with Crippen LogP contribution in [0.1, 0.15) is 45.1 Å². The molecule has 116 valence electrons. The zero-order chi connectivity index (χ0) is 15.7. The molecular formula is C16H25N3O2. The molecule has 0 saturated heterocycles. The lowest BCUT2D eigenvalue weighted by atomic mass is 10.1. The van der Waals surface area contributed by atoms with Crippen molar-refractivity contribution in [1.82, 2.24) is 5.32 Å². The zero-order valence-corrected chi connectivity index (χ0v) is 12.8. The SMILES string of the molecule is CCCCC[C@H](C)NC(=O)Nc1ccccc1CC(N)=O. The summed E-state index contributed by atoms with van der Waals surface area (Å²) in [6.45, 7) is 4.14. The molecule has 0 aliphatic rings. The third-order valence-electron chi connectivity index (χ3n) is 3.25. The fraction of sp³-hybridized carbons (Fsp3) is 0.500. The average molecular weight is 291 g/mol. The molecule has 0 aliphatic carbocycles. The Morgan fingerprint density at radius 3 is 2.62 bits per heavy atom. The second-order valence-electron chi connectivity index (χ2n) is 5.30. The van der Waals surface area contributed by atoms with Crippen LogP contribution in [-0.4, -0.2) is 18.0 Å². The van der Waals surface area contributed by atoms with E-state index in [1.807, 2.05) is 19.1 Å². The summed E-state index contributed by atoms with van der Waals surface area (Å²) >= 11 is 0. The lowest BCUT2D eigenvalue weighted by molar-refractivity contribution is -0.117. The van der Waals surface area contributed by atoms with E-state index in [4.69, 9.17) is 5.73 Å². The lowest BCUT2D eigenvalue weighted by Gasteiger charge is -2.15.